The summed E-state index contributed by atoms with van der Waals surface area (Å²) in [5, 5.41) is 3.42. The fraction of sp³-hybridized carbons (Fsp3) is 0.0312. The van der Waals surface area contributed by atoms with E-state index >= 15 is 8.78 Å². The second kappa shape index (κ2) is 17.5. The summed E-state index contributed by atoms with van der Waals surface area (Å²) < 4.78 is 41.8. The van der Waals surface area contributed by atoms with Crippen LogP contribution in [-0.2, 0) is 0 Å². The molecule has 12 rings (SSSR count). The van der Waals surface area contributed by atoms with Gasteiger partial charge in [-0.15, -0.1) is 0 Å². The number of nitrogens with zero attached hydrogens (tertiary/aromatic N) is 2. The Hall–Kier alpha value is -8.58. The normalized spacial score (nSPS) is 12.4. The van der Waals surface area contributed by atoms with Crippen LogP contribution in [0.2, 0.25) is 13.1 Å². The topological polar surface area (TPSA) is 19.6 Å². The Morgan fingerprint density at radius 3 is 1.21 bits per heavy atom. The molecule has 336 valence electrons. The fourth-order valence-electron chi connectivity index (χ4n) is 10.5. The number of halogens is 2. The van der Waals surface area contributed by atoms with Gasteiger partial charge in [0.25, 0.3) is 0 Å². The molecule has 0 N–H and O–H groups in total. The Kier molecular flexibility index (Phi) is 10.7. The minimum absolute atomic E-state index is 0.333. The van der Waals surface area contributed by atoms with E-state index in [0.29, 0.717) is 11.4 Å². The van der Waals surface area contributed by atoms with Gasteiger partial charge in [-0.1, -0.05) is 177 Å². The molecule has 1 aliphatic heterocycles. The Balaban J connectivity index is 1.03. The Labute approximate surface area is 407 Å². The van der Waals surface area contributed by atoms with Gasteiger partial charge in [0, 0.05) is 44.8 Å². The summed E-state index contributed by atoms with van der Waals surface area (Å²) in [6.07, 6.45) is 0. The van der Waals surface area contributed by atoms with Gasteiger partial charge < -0.3 is 14.2 Å². The smallest absolute Gasteiger partial charge is 0.148 e. The minimum atomic E-state index is -2.44. The molecule has 0 atom stereocenters. The average Bonchev–Trinajstić information content (AvgIpc) is 3.91. The lowest BCUT2D eigenvalue weighted by Crippen LogP contribution is -2.49. The van der Waals surface area contributed by atoms with Crippen molar-refractivity contribution in [3.05, 3.63) is 254 Å². The molecule has 0 unspecified atom stereocenters. The zero-order valence-corrected chi connectivity index (χ0v) is 39.7. The van der Waals surface area contributed by atoms with E-state index in [9.17, 15) is 0 Å². The predicted octanol–water partition coefficient (Wildman–Crippen LogP) is 17.1. The van der Waals surface area contributed by atoms with Gasteiger partial charge in [-0.05, 0) is 123 Å². The van der Waals surface area contributed by atoms with E-state index in [2.05, 4.69) is 49.5 Å². The lowest BCUT2D eigenvalue weighted by Gasteiger charge is -2.30. The molecule has 70 heavy (non-hydrogen) atoms. The molecular weight excluding hydrogens is 879 g/mol. The summed E-state index contributed by atoms with van der Waals surface area (Å²) in [5.41, 5.74) is 12.8. The van der Waals surface area contributed by atoms with E-state index in [-0.39, 0.29) is 11.6 Å². The second-order valence-electron chi connectivity index (χ2n) is 18.4. The first kappa shape index (κ1) is 42.7. The summed E-state index contributed by atoms with van der Waals surface area (Å²) in [7, 11) is -2.44. The van der Waals surface area contributed by atoms with Crippen LogP contribution in [0.1, 0.15) is 0 Å². The van der Waals surface area contributed by atoms with Crippen molar-refractivity contribution < 1.29 is 13.2 Å². The molecule has 0 spiro atoms. The Morgan fingerprint density at radius 1 is 0.357 bits per heavy atom. The highest BCUT2D eigenvalue weighted by atomic mass is 28.3. The number of benzene rings is 10. The minimum Gasteiger partial charge on any atom is -0.456 e. The quantitative estimate of drug-likeness (QED) is 0.127. The van der Waals surface area contributed by atoms with Crippen molar-refractivity contribution in [2.45, 2.75) is 13.1 Å². The van der Waals surface area contributed by atoms with Crippen LogP contribution in [-0.4, -0.2) is 8.07 Å². The molecule has 0 bridgehead atoms. The maximum atomic E-state index is 17.4. The third-order valence-corrected chi connectivity index (χ3v) is 17.2. The van der Waals surface area contributed by atoms with Crippen molar-refractivity contribution in [3.8, 4) is 55.8 Å². The maximum absolute atomic E-state index is 17.4. The Bertz CT molecular complexity index is 3700. The summed E-state index contributed by atoms with van der Waals surface area (Å²) >= 11 is 0. The molecule has 0 amide bonds. The summed E-state index contributed by atoms with van der Waals surface area (Å²) in [4.78, 5) is 4.08. The molecule has 11 aromatic rings. The van der Waals surface area contributed by atoms with E-state index in [4.69, 9.17) is 4.42 Å². The number of rotatable bonds is 10. The molecule has 0 fully saturated rings. The number of para-hydroxylation sites is 2. The molecule has 10 aromatic carbocycles. The molecule has 1 aromatic heterocycles. The lowest BCUT2D eigenvalue weighted by atomic mass is 9.95. The number of fused-ring (bicyclic) bond motifs is 5. The van der Waals surface area contributed by atoms with Crippen molar-refractivity contribution >= 4 is 63.5 Å². The molecule has 2 heterocycles. The first-order valence-corrected chi connectivity index (χ1v) is 26.6. The highest BCUT2D eigenvalue weighted by Gasteiger charge is 2.43. The van der Waals surface area contributed by atoms with Crippen LogP contribution in [0.4, 0.5) is 42.9 Å². The second-order valence-corrected chi connectivity index (χ2v) is 22.6. The first-order valence-electron chi connectivity index (χ1n) is 23.6. The average molecular weight is 925 g/mol. The molecule has 1 aliphatic rings. The van der Waals surface area contributed by atoms with Gasteiger partial charge in [-0.3, -0.25) is 0 Å². The lowest BCUT2D eigenvalue weighted by molar-refractivity contribution is 0.629. The van der Waals surface area contributed by atoms with Crippen LogP contribution in [0.15, 0.2) is 247 Å². The number of furan rings is 1. The largest absolute Gasteiger partial charge is 0.456 e. The molecule has 6 heteroatoms. The van der Waals surface area contributed by atoms with Gasteiger partial charge >= 0.3 is 0 Å². The molecule has 0 saturated carbocycles. The summed E-state index contributed by atoms with van der Waals surface area (Å²) in [6.45, 7) is 4.74. The molecular formula is C64H46F2N2OSi. The summed E-state index contributed by atoms with van der Waals surface area (Å²) in [6, 6.07) is 80.3. The monoisotopic (exact) mass is 924 g/mol. The zero-order chi connectivity index (χ0) is 47.3. The van der Waals surface area contributed by atoms with E-state index in [1.807, 2.05) is 204 Å². The van der Waals surface area contributed by atoms with E-state index in [1.54, 1.807) is 12.1 Å². The highest BCUT2D eigenvalue weighted by molar-refractivity contribution is 7.05. The molecule has 0 radical (unpaired) electrons. The van der Waals surface area contributed by atoms with Crippen molar-refractivity contribution in [1.29, 1.82) is 0 Å². The number of hydrogen-bond donors (Lipinski definition) is 0. The summed E-state index contributed by atoms with van der Waals surface area (Å²) in [5.74, 6) is 0.160. The first-order chi connectivity index (χ1) is 34.3. The Morgan fingerprint density at radius 2 is 0.757 bits per heavy atom. The van der Waals surface area contributed by atoms with Crippen molar-refractivity contribution in [3.63, 3.8) is 0 Å². The van der Waals surface area contributed by atoms with Gasteiger partial charge in [-0.2, -0.15) is 0 Å². The maximum Gasteiger partial charge on any atom is 0.148 e. The van der Waals surface area contributed by atoms with Gasteiger partial charge in [0.1, 0.15) is 31.1 Å². The van der Waals surface area contributed by atoms with Crippen LogP contribution in [0.5, 0.6) is 0 Å². The van der Waals surface area contributed by atoms with Crippen LogP contribution < -0.4 is 20.2 Å². The third-order valence-electron chi connectivity index (χ3n) is 13.7. The van der Waals surface area contributed by atoms with Gasteiger partial charge in [0.15, 0.2) is 0 Å². The highest BCUT2D eigenvalue weighted by Crippen LogP contribution is 2.48. The molecule has 0 saturated heterocycles. The standard InChI is InChI=1S/C64H46F2N2OSi/c1-70(2)60-36-34-52(68(50-31-19-8-20-32-50)62-54(46-27-15-6-16-28-46)38-48(40-58(62)66)44-23-11-4-12-24-44)42-56(60)63-64(70)55-41-51(33-35-59(55)69-63)67(49-29-17-7-18-30-49)61-53(45-25-13-5-14-26-45)37-47(39-57(61)65)43-21-9-3-10-22-43/h3-42H,1-2H3. The molecule has 3 nitrogen and oxygen atoms in total. The van der Waals surface area contributed by atoms with Crippen LogP contribution in [0.25, 0.3) is 66.8 Å². The van der Waals surface area contributed by atoms with Crippen molar-refractivity contribution in [2.75, 3.05) is 9.80 Å². The molecule has 0 aliphatic carbocycles. The number of anilines is 6. The van der Waals surface area contributed by atoms with Gasteiger partial charge in [0.05, 0.1) is 11.4 Å². The van der Waals surface area contributed by atoms with Crippen molar-refractivity contribution in [2.24, 2.45) is 0 Å². The number of hydrogen-bond acceptors (Lipinski definition) is 3. The zero-order valence-electron chi connectivity index (χ0n) is 38.7. The van der Waals surface area contributed by atoms with Crippen LogP contribution in [0, 0.1) is 11.6 Å². The predicted molar refractivity (Wildman–Crippen MR) is 289 cm³/mol. The van der Waals surface area contributed by atoms with E-state index in [0.717, 1.165) is 89.6 Å². The van der Waals surface area contributed by atoms with E-state index < -0.39 is 8.07 Å². The van der Waals surface area contributed by atoms with Gasteiger partial charge in [0.2, 0.25) is 0 Å². The van der Waals surface area contributed by atoms with E-state index in [1.165, 1.54) is 10.4 Å². The SMILES string of the molecule is C[Si]1(C)c2ccc(N(c3ccccc3)c3c(F)cc(-c4ccccc4)cc3-c3ccccc3)cc2-c2oc3ccc(N(c4ccccc4)c4c(F)cc(-c5ccccc5)cc4-c4ccccc4)cc3c21. The van der Waals surface area contributed by atoms with Gasteiger partial charge in [-0.25, -0.2) is 8.78 Å². The third kappa shape index (κ3) is 7.41. The fourth-order valence-corrected chi connectivity index (χ4v) is 13.7. The van der Waals surface area contributed by atoms with Crippen LogP contribution in [0.3, 0.4) is 0 Å². The van der Waals surface area contributed by atoms with Crippen LogP contribution >= 0.6 is 0 Å². The van der Waals surface area contributed by atoms with Crippen molar-refractivity contribution in [1.82, 2.24) is 0 Å².